The largest absolute Gasteiger partial charge is 0.489 e. The number of esters is 1. The van der Waals surface area contributed by atoms with E-state index in [-0.39, 0.29) is 13.0 Å². The van der Waals surface area contributed by atoms with Crippen molar-refractivity contribution >= 4 is 11.9 Å². The van der Waals surface area contributed by atoms with Gasteiger partial charge in [-0.25, -0.2) is 4.79 Å². The van der Waals surface area contributed by atoms with Crippen molar-refractivity contribution in [2.24, 2.45) is 0 Å². The Hall–Kier alpha value is -2.82. The van der Waals surface area contributed by atoms with Crippen LogP contribution in [0, 0.1) is 0 Å². The summed E-state index contributed by atoms with van der Waals surface area (Å²) in [6.07, 6.45) is -0.0988. The molecule has 0 aromatic heterocycles. The van der Waals surface area contributed by atoms with Gasteiger partial charge >= 0.3 is 11.9 Å². The number of hydrogen-bond donors (Lipinski definition) is 1. The summed E-state index contributed by atoms with van der Waals surface area (Å²) >= 11 is 0. The smallest absolute Gasteiger partial charge is 0.337 e. The molecule has 114 valence electrons. The van der Waals surface area contributed by atoms with Crippen LogP contribution in [0.2, 0.25) is 0 Å². The van der Waals surface area contributed by atoms with E-state index in [1.54, 1.807) is 42.5 Å². The van der Waals surface area contributed by atoms with Crippen LogP contribution in [-0.2, 0) is 22.6 Å². The predicted molar refractivity (Wildman–Crippen MR) is 79.9 cm³/mol. The molecule has 2 aromatic rings. The summed E-state index contributed by atoms with van der Waals surface area (Å²) in [7, 11) is 1.33. The minimum atomic E-state index is -0.913. The number of carboxylic acids is 1. The number of ether oxygens (including phenoxy) is 2. The highest BCUT2D eigenvalue weighted by Crippen LogP contribution is 2.20. The molecule has 0 aliphatic rings. The van der Waals surface area contributed by atoms with E-state index in [1.807, 2.05) is 6.07 Å². The number of carboxylic acid groups (broad SMARTS) is 1. The van der Waals surface area contributed by atoms with Gasteiger partial charge in [-0.1, -0.05) is 30.3 Å². The summed E-state index contributed by atoms with van der Waals surface area (Å²) in [5.41, 5.74) is 1.86. The van der Waals surface area contributed by atoms with Gasteiger partial charge < -0.3 is 14.6 Å². The third kappa shape index (κ3) is 4.09. The molecule has 0 radical (unpaired) electrons. The van der Waals surface area contributed by atoms with Crippen LogP contribution in [0.25, 0.3) is 0 Å². The fraction of sp³-hybridized carbons (Fsp3) is 0.176. The highest BCUT2D eigenvalue weighted by molar-refractivity contribution is 5.89. The summed E-state index contributed by atoms with van der Waals surface area (Å²) in [6, 6.07) is 13.9. The quantitative estimate of drug-likeness (QED) is 0.830. The van der Waals surface area contributed by atoms with Crippen LogP contribution < -0.4 is 4.74 Å². The zero-order chi connectivity index (χ0) is 15.9. The summed E-state index contributed by atoms with van der Waals surface area (Å²) in [5, 5.41) is 8.89. The van der Waals surface area contributed by atoms with Crippen molar-refractivity contribution in [2.45, 2.75) is 13.0 Å². The first-order chi connectivity index (χ1) is 10.6. The van der Waals surface area contributed by atoms with Crippen LogP contribution in [0.1, 0.15) is 21.5 Å². The second kappa shape index (κ2) is 7.26. The Balaban J connectivity index is 2.10. The van der Waals surface area contributed by atoms with Crippen molar-refractivity contribution in [3.8, 4) is 5.75 Å². The first kappa shape index (κ1) is 15.6. The Morgan fingerprint density at radius 2 is 1.86 bits per heavy atom. The van der Waals surface area contributed by atoms with E-state index < -0.39 is 11.9 Å². The van der Waals surface area contributed by atoms with Gasteiger partial charge in [-0.05, 0) is 23.8 Å². The zero-order valence-corrected chi connectivity index (χ0v) is 12.1. The van der Waals surface area contributed by atoms with E-state index >= 15 is 0 Å². The third-order valence-electron chi connectivity index (χ3n) is 3.06. The molecule has 0 spiro atoms. The lowest BCUT2D eigenvalue weighted by atomic mass is 10.1. The number of para-hydroxylation sites is 1. The van der Waals surface area contributed by atoms with Crippen molar-refractivity contribution in [3.63, 3.8) is 0 Å². The average Bonchev–Trinajstić information content (AvgIpc) is 2.53. The number of methoxy groups -OCH3 is 1. The minimum absolute atomic E-state index is 0.0988. The molecule has 0 unspecified atom stereocenters. The monoisotopic (exact) mass is 300 g/mol. The Bertz CT molecular complexity index is 678. The number of benzene rings is 2. The van der Waals surface area contributed by atoms with Gasteiger partial charge in [0.1, 0.15) is 12.4 Å². The average molecular weight is 300 g/mol. The standard InChI is InChI=1S/C17H16O5/c1-21-17(20)14-7-4-5-12(9-14)11-22-15-8-3-2-6-13(15)10-16(18)19/h2-9H,10-11H2,1H3,(H,18,19). The molecule has 0 bridgehead atoms. The first-order valence-electron chi connectivity index (χ1n) is 6.70. The molecule has 0 heterocycles. The van der Waals surface area contributed by atoms with Gasteiger partial charge in [0.05, 0.1) is 19.1 Å². The molecule has 0 aliphatic carbocycles. The summed E-state index contributed by atoms with van der Waals surface area (Å²) < 4.78 is 10.3. The second-order valence-electron chi connectivity index (χ2n) is 4.66. The number of rotatable bonds is 6. The summed E-state index contributed by atoms with van der Waals surface area (Å²) in [5.74, 6) is -0.801. The van der Waals surface area contributed by atoms with Crippen molar-refractivity contribution in [3.05, 3.63) is 65.2 Å². The normalized spacial score (nSPS) is 10.0. The lowest BCUT2D eigenvalue weighted by molar-refractivity contribution is -0.136. The third-order valence-corrected chi connectivity index (χ3v) is 3.06. The molecule has 0 saturated heterocycles. The van der Waals surface area contributed by atoms with E-state index in [1.165, 1.54) is 7.11 Å². The van der Waals surface area contributed by atoms with Crippen LogP contribution >= 0.6 is 0 Å². The zero-order valence-electron chi connectivity index (χ0n) is 12.1. The van der Waals surface area contributed by atoms with Crippen LogP contribution in [0.3, 0.4) is 0 Å². The maximum atomic E-state index is 11.5. The van der Waals surface area contributed by atoms with Crippen molar-refractivity contribution in [1.29, 1.82) is 0 Å². The molecule has 5 heteroatoms. The van der Waals surface area contributed by atoms with Gasteiger partial charge in [0.15, 0.2) is 0 Å². The molecule has 0 amide bonds. The van der Waals surface area contributed by atoms with Gasteiger partial charge in [-0.15, -0.1) is 0 Å². The lowest BCUT2D eigenvalue weighted by Gasteiger charge is -2.11. The molecular weight excluding hydrogens is 284 g/mol. The molecule has 0 saturated carbocycles. The highest BCUT2D eigenvalue weighted by Gasteiger charge is 2.09. The van der Waals surface area contributed by atoms with Crippen LogP contribution in [-0.4, -0.2) is 24.2 Å². The van der Waals surface area contributed by atoms with E-state index in [9.17, 15) is 9.59 Å². The minimum Gasteiger partial charge on any atom is -0.489 e. The molecule has 2 rings (SSSR count). The van der Waals surface area contributed by atoms with E-state index in [0.717, 1.165) is 5.56 Å². The lowest BCUT2D eigenvalue weighted by Crippen LogP contribution is -2.05. The van der Waals surface area contributed by atoms with Gasteiger partial charge in [0.25, 0.3) is 0 Å². The van der Waals surface area contributed by atoms with E-state index in [4.69, 9.17) is 9.84 Å². The van der Waals surface area contributed by atoms with Gasteiger partial charge in [-0.2, -0.15) is 0 Å². The molecule has 0 aliphatic heterocycles. The Morgan fingerprint density at radius 1 is 1.09 bits per heavy atom. The summed E-state index contributed by atoms with van der Waals surface area (Å²) in [6.45, 7) is 0.238. The van der Waals surface area contributed by atoms with Gasteiger partial charge in [0, 0.05) is 5.56 Å². The van der Waals surface area contributed by atoms with Gasteiger partial charge in [-0.3, -0.25) is 4.79 Å². The SMILES string of the molecule is COC(=O)c1cccc(COc2ccccc2CC(=O)O)c1. The number of hydrogen-bond acceptors (Lipinski definition) is 4. The fourth-order valence-electron chi connectivity index (χ4n) is 2.02. The number of aliphatic carboxylic acids is 1. The van der Waals surface area contributed by atoms with E-state index in [2.05, 4.69) is 4.74 Å². The molecule has 22 heavy (non-hydrogen) atoms. The van der Waals surface area contributed by atoms with Crippen molar-refractivity contribution in [1.82, 2.24) is 0 Å². The first-order valence-corrected chi connectivity index (χ1v) is 6.70. The Labute approximate surface area is 128 Å². The van der Waals surface area contributed by atoms with E-state index in [0.29, 0.717) is 16.9 Å². The highest BCUT2D eigenvalue weighted by atomic mass is 16.5. The second-order valence-corrected chi connectivity index (χ2v) is 4.66. The molecule has 0 fully saturated rings. The van der Waals surface area contributed by atoms with Crippen molar-refractivity contribution in [2.75, 3.05) is 7.11 Å². The van der Waals surface area contributed by atoms with Crippen LogP contribution in [0.15, 0.2) is 48.5 Å². The summed E-state index contributed by atoms with van der Waals surface area (Å²) in [4.78, 5) is 22.3. The maximum Gasteiger partial charge on any atom is 0.337 e. The molecule has 0 atom stereocenters. The fourth-order valence-corrected chi connectivity index (χ4v) is 2.02. The Morgan fingerprint density at radius 3 is 2.59 bits per heavy atom. The molecule has 5 nitrogen and oxygen atoms in total. The van der Waals surface area contributed by atoms with Gasteiger partial charge in [0.2, 0.25) is 0 Å². The maximum absolute atomic E-state index is 11.5. The topological polar surface area (TPSA) is 72.8 Å². The molecule has 1 N–H and O–H groups in total. The van der Waals surface area contributed by atoms with Crippen LogP contribution in [0.5, 0.6) is 5.75 Å². The molecular formula is C17H16O5. The Kier molecular flexibility index (Phi) is 5.14. The van der Waals surface area contributed by atoms with Crippen molar-refractivity contribution < 1.29 is 24.2 Å². The number of carbonyl (C=O) groups excluding carboxylic acids is 1. The number of carbonyl (C=O) groups is 2. The predicted octanol–water partition coefficient (Wildman–Crippen LogP) is 2.68. The van der Waals surface area contributed by atoms with Crippen LogP contribution in [0.4, 0.5) is 0 Å². The molecule has 2 aromatic carbocycles.